The van der Waals surface area contributed by atoms with Crippen LogP contribution in [0, 0.1) is 12.3 Å². The molecular weight excluding hydrogens is 862 g/mol. The molecule has 0 aliphatic carbocycles. The third kappa shape index (κ3) is 9.27. The molecule has 0 bridgehead atoms. The predicted molar refractivity (Wildman–Crippen MR) is 344 cm³/mol. The van der Waals surface area contributed by atoms with Crippen LogP contribution in [0.15, 0.2) is 119 Å². The molecule has 4 nitrogen and oxygen atoms in total. The summed E-state index contributed by atoms with van der Waals surface area (Å²) in [6.07, 6.45) is 6.05. The Hall–Kier alpha value is -5.86. The lowest BCUT2D eigenvalue weighted by Gasteiger charge is -2.48. The quantitative estimate of drug-likeness (QED) is 0.137. The third-order valence-electron chi connectivity index (χ3n) is 16.3. The highest BCUT2D eigenvalue weighted by atomic mass is 15.3. The van der Waals surface area contributed by atoms with Gasteiger partial charge in [-0.05, 0) is 110 Å². The summed E-state index contributed by atoms with van der Waals surface area (Å²) in [6.45, 7) is 28.4. The largest absolute Gasteiger partial charge is 0.339 e. The van der Waals surface area contributed by atoms with Crippen molar-refractivity contribution in [1.29, 1.82) is 0 Å². The maximum atomic E-state index is 6.05. The van der Waals surface area contributed by atoms with Gasteiger partial charge in [-0.1, -0.05) is 158 Å². The maximum absolute atomic E-state index is 6.05. The van der Waals surface area contributed by atoms with E-state index in [9.17, 15) is 0 Å². The number of anilines is 11. The molecule has 2 heterocycles. The number of allylic oxidation sites excluding steroid dienone is 3. The van der Waals surface area contributed by atoms with Gasteiger partial charge < -0.3 is 19.6 Å². The van der Waals surface area contributed by atoms with Crippen LogP contribution in [0.1, 0.15) is 105 Å². The van der Waals surface area contributed by atoms with Crippen molar-refractivity contribution in [1.82, 2.24) is 0 Å². The van der Waals surface area contributed by atoms with Gasteiger partial charge in [-0.3, -0.25) is 0 Å². The first kappa shape index (κ1) is 52.5. The summed E-state index contributed by atoms with van der Waals surface area (Å²) in [5, 5.41) is 0. The van der Waals surface area contributed by atoms with Gasteiger partial charge in [-0.2, -0.15) is 0 Å². The zero-order valence-corrected chi connectivity index (χ0v) is 47.8. The van der Waals surface area contributed by atoms with Crippen molar-refractivity contribution in [3.8, 4) is 12.3 Å². The molecule has 0 aromatic heterocycles. The summed E-state index contributed by atoms with van der Waals surface area (Å²) in [4.78, 5) is 10.3. The molecule has 356 valence electrons. The number of rotatable bonds is 7. The molecule has 0 saturated heterocycles. The van der Waals surface area contributed by atoms with Crippen LogP contribution in [-0.4, -0.2) is 77.2 Å². The van der Waals surface area contributed by atoms with E-state index in [2.05, 4.69) is 276 Å². The van der Waals surface area contributed by atoms with E-state index in [0.717, 1.165) is 56.4 Å². The SMILES string of the molecule is B/C(C#C)=C(B)/C(B)=C(/B)CN(c1cc2c3c(c1)N(c1ccc(C(C)(C)C)cc1)c1ccc(C(C)(C)C)cc1N3c1cc(C(C)(C)C)ccc1N2c1ccc(C(C)(C)C)cc1)c1c(B)c(B)c(B)c(B)c1B. The van der Waals surface area contributed by atoms with E-state index in [0.29, 0.717) is 6.54 Å². The standard InChI is InChI=1S/C59H73B9N4/c1-14-39(60)47(62)48(63)40(61)31-69(55-52(67)50(65)49(64)51(66)53(55)68)38-29-45-54-46(30-38)71(37-23-17-33(18-24-37)57(5,6)7)42-26-20-35(59(11,12)13)28-44(42)72(54)43-27-34(58(8,9)10)19-25-41(43)70(45)36-21-15-32(16-22-36)56(2,3)4/h1,15-30H,31,60-68H2,2-13H3/b47-39-,48-40-. The number of hydrogen-bond acceptors (Lipinski definition) is 4. The Morgan fingerprint density at radius 1 is 0.444 bits per heavy atom. The van der Waals surface area contributed by atoms with Crippen molar-refractivity contribution in [2.45, 2.75) is 105 Å². The van der Waals surface area contributed by atoms with Crippen molar-refractivity contribution in [3.63, 3.8) is 0 Å². The van der Waals surface area contributed by atoms with Gasteiger partial charge in [0.1, 0.15) is 70.6 Å². The van der Waals surface area contributed by atoms with E-state index in [1.807, 2.05) is 0 Å². The van der Waals surface area contributed by atoms with Gasteiger partial charge in [0.15, 0.2) is 0 Å². The maximum Gasteiger partial charge on any atom is 0.149 e. The molecule has 2 aliphatic heterocycles. The third-order valence-corrected chi connectivity index (χ3v) is 16.3. The van der Waals surface area contributed by atoms with Gasteiger partial charge in [-0.15, -0.1) is 17.4 Å². The molecule has 8 rings (SSSR count). The molecule has 0 saturated carbocycles. The van der Waals surface area contributed by atoms with Crippen LogP contribution >= 0.6 is 0 Å². The summed E-state index contributed by atoms with van der Waals surface area (Å²) in [5.74, 6) is 2.94. The first-order chi connectivity index (χ1) is 33.4. The van der Waals surface area contributed by atoms with Crippen LogP contribution in [0.25, 0.3) is 0 Å². The zero-order valence-electron chi connectivity index (χ0n) is 47.8. The monoisotopic (exact) mass is 937 g/mol. The van der Waals surface area contributed by atoms with Crippen molar-refractivity contribution in [2.24, 2.45) is 0 Å². The minimum absolute atomic E-state index is 0.00364. The van der Waals surface area contributed by atoms with E-state index in [1.165, 1.54) is 77.6 Å². The van der Waals surface area contributed by atoms with Gasteiger partial charge in [0.05, 0.1) is 39.8 Å². The number of benzene rings is 6. The highest BCUT2D eigenvalue weighted by Gasteiger charge is 2.42. The van der Waals surface area contributed by atoms with Gasteiger partial charge in [-0.25, -0.2) is 0 Å². The van der Waals surface area contributed by atoms with Crippen LogP contribution < -0.4 is 46.9 Å². The average molecular weight is 936 g/mol. The van der Waals surface area contributed by atoms with Gasteiger partial charge in [0.2, 0.25) is 0 Å². The molecule has 0 unspecified atom stereocenters. The van der Waals surface area contributed by atoms with Crippen molar-refractivity contribution in [3.05, 3.63) is 141 Å². The molecule has 6 aromatic rings. The first-order valence-electron chi connectivity index (χ1n) is 26.2. The molecule has 0 amide bonds. The number of nitrogens with zero attached hydrogens (tertiary/aromatic N) is 4. The molecule has 13 heteroatoms. The molecule has 0 fully saturated rings. The smallest absolute Gasteiger partial charge is 0.149 e. The average Bonchev–Trinajstić information content (AvgIpc) is 3.32. The number of fused-ring (bicyclic) bond motifs is 4. The molecule has 0 spiro atoms. The van der Waals surface area contributed by atoms with Crippen LogP contribution in [-0.2, 0) is 21.7 Å². The minimum Gasteiger partial charge on any atom is -0.339 e. The van der Waals surface area contributed by atoms with Gasteiger partial charge in [0.25, 0.3) is 0 Å². The summed E-state index contributed by atoms with van der Waals surface area (Å²) >= 11 is 0. The van der Waals surface area contributed by atoms with E-state index in [-0.39, 0.29) is 21.7 Å². The molecular formula is C59H73B9N4. The van der Waals surface area contributed by atoms with Gasteiger partial charge >= 0.3 is 0 Å². The van der Waals surface area contributed by atoms with E-state index >= 15 is 0 Å². The zero-order chi connectivity index (χ0) is 52.9. The lowest BCUT2D eigenvalue weighted by atomic mass is 9.61. The second-order valence-electron chi connectivity index (χ2n) is 25.2. The lowest BCUT2D eigenvalue weighted by Crippen LogP contribution is -2.56. The Balaban J connectivity index is 1.57. The molecule has 0 radical (unpaired) electrons. The van der Waals surface area contributed by atoms with Crippen molar-refractivity contribution < 1.29 is 0 Å². The minimum atomic E-state index is -0.0791. The van der Waals surface area contributed by atoms with Crippen LogP contribution in [0.5, 0.6) is 0 Å². The van der Waals surface area contributed by atoms with Crippen molar-refractivity contribution >= 4 is 160 Å². The molecule has 72 heavy (non-hydrogen) atoms. The Morgan fingerprint density at radius 2 is 0.806 bits per heavy atom. The Kier molecular flexibility index (Phi) is 13.5. The van der Waals surface area contributed by atoms with Crippen LogP contribution in [0.2, 0.25) is 0 Å². The molecule has 0 N–H and O–H groups in total. The number of hydrogen-bond donors (Lipinski definition) is 0. The van der Waals surface area contributed by atoms with Crippen molar-refractivity contribution in [2.75, 3.05) is 26.1 Å². The Bertz CT molecular complexity index is 3090. The fourth-order valence-corrected chi connectivity index (χ4v) is 10.7. The summed E-state index contributed by atoms with van der Waals surface area (Å²) in [6, 6.07) is 38.1. The molecule has 6 aromatic carbocycles. The summed E-state index contributed by atoms with van der Waals surface area (Å²) < 4.78 is 0. The highest BCUT2D eigenvalue weighted by Crippen LogP contribution is 2.65. The second-order valence-corrected chi connectivity index (χ2v) is 25.2. The topological polar surface area (TPSA) is 13.0 Å². The van der Waals surface area contributed by atoms with E-state index in [1.54, 1.807) is 0 Å². The first-order valence-corrected chi connectivity index (χ1v) is 26.2. The summed E-state index contributed by atoms with van der Waals surface area (Å²) in [7, 11) is 20.3. The van der Waals surface area contributed by atoms with E-state index < -0.39 is 0 Å². The molecule has 0 atom stereocenters. The summed E-state index contributed by atoms with van der Waals surface area (Å²) in [5.41, 5.74) is 29.0. The predicted octanol–water partition coefficient (Wildman–Crippen LogP) is 3.93. The van der Waals surface area contributed by atoms with Crippen LogP contribution in [0.3, 0.4) is 0 Å². The fourth-order valence-electron chi connectivity index (χ4n) is 10.7. The highest BCUT2D eigenvalue weighted by molar-refractivity contribution is 6.69. The lowest BCUT2D eigenvalue weighted by molar-refractivity contribution is 0.590. The number of terminal acetylenes is 1. The fraction of sp³-hybridized carbons (Fsp3) is 0.288. The Morgan fingerprint density at radius 3 is 1.17 bits per heavy atom. The van der Waals surface area contributed by atoms with E-state index in [4.69, 9.17) is 6.42 Å². The van der Waals surface area contributed by atoms with Crippen LogP contribution in [0.4, 0.5) is 62.6 Å². The molecule has 2 aliphatic rings. The normalized spacial score (nSPS) is 14.2. The Labute approximate surface area is 442 Å². The second kappa shape index (κ2) is 18.6. The van der Waals surface area contributed by atoms with Gasteiger partial charge in [0, 0.05) is 29.3 Å².